The molecule has 0 bridgehead atoms. The van der Waals surface area contributed by atoms with E-state index in [0.717, 1.165) is 31.4 Å². The van der Waals surface area contributed by atoms with Gasteiger partial charge in [-0.1, -0.05) is 12.5 Å². The van der Waals surface area contributed by atoms with Gasteiger partial charge in [0.25, 0.3) is 0 Å². The fraction of sp³-hybridized carbons (Fsp3) is 0.500. The van der Waals surface area contributed by atoms with Gasteiger partial charge in [0, 0.05) is 12.6 Å². The Bertz CT molecular complexity index is 396. The Labute approximate surface area is 96.8 Å². The van der Waals surface area contributed by atoms with Crippen molar-refractivity contribution >= 4 is 0 Å². The summed E-state index contributed by atoms with van der Waals surface area (Å²) in [5.74, 6) is -1.22. The molecular weight excluding hydrogens is 234 g/mol. The van der Waals surface area contributed by atoms with E-state index in [0.29, 0.717) is 18.2 Å². The lowest BCUT2D eigenvalue weighted by molar-refractivity contribution is -0.140. The predicted octanol–water partition coefficient (Wildman–Crippen LogP) is 3.49. The molecule has 2 rings (SSSR count). The van der Waals surface area contributed by atoms with Gasteiger partial charge in [-0.3, -0.25) is 0 Å². The summed E-state index contributed by atoms with van der Waals surface area (Å²) < 4.78 is 50.3. The van der Waals surface area contributed by atoms with E-state index in [1.165, 1.54) is 6.07 Å². The van der Waals surface area contributed by atoms with E-state index in [9.17, 15) is 17.6 Å². The second kappa shape index (κ2) is 4.64. The molecule has 0 aliphatic heterocycles. The van der Waals surface area contributed by atoms with E-state index in [4.69, 9.17) is 0 Å². The Morgan fingerprint density at radius 3 is 2.47 bits per heavy atom. The van der Waals surface area contributed by atoms with Crippen molar-refractivity contribution in [2.45, 2.75) is 38.0 Å². The first-order valence-electron chi connectivity index (χ1n) is 5.56. The molecule has 0 unspecified atom stereocenters. The molecule has 0 atom stereocenters. The molecule has 17 heavy (non-hydrogen) atoms. The maximum absolute atomic E-state index is 13.0. The predicted molar refractivity (Wildman–Crippen MR) is 55.9 cm³/mol. The third kappa shape index (κ3) is 2.97. The first-order chi connectivity index (χ1) is 7.97. The second-order valence-corrected chi connectivity index (χ2v) is 4.32. The number of halogens is 4. The van der Waals surface area contributed by atoms with Crippen LogP contribution in [0.25, 0.3) is 0 Å². The molecule has 0 saturated heterocycles. The van der Waals surface area contributed by atoms with Gasteiger partial charge in [-0.25, -0.2) is 4.39 Å². The highest BCUT2D eigenvalue weighted by atomic mass is 19.4. The summed E-state index contributed by atoms with van der Waals surface area (Å²) in [5, 5.41) is 3.14. The van der Waals surface area contributed by atoms with Crippen LogP contribution < -0.4 is 5.32 Å². The normalized spacial score (nSPS) is 16.9. The van der Waals surface area contributed by atoms with E-state index in [1.54, 1.807) is 0 Å². The zero-order chi connectivity index (χ0) is 12.5. The molecule has 1 aromatic rings. The van der Waals surface area contributed by atoms with Gasteiger partial charge in [-0.2, -0.15) is 13.2 Å². The molecule has 5 heteroatoms. The van der Waals surface area contributed by atoms with Crippen molar-refractivity contribution < 1.29 is 17.6 Å². The second-order valence-electron chi connectivity index (χ2n) is 4.32. The third-order valence-corrected chi connectivity index (χ3v) is 3.04. The topological polar surface area (TPSA) is 12.0 Å². The number of rotatable bonds is 3. The van der Waals surface area contributed by atoms with Crippen LogP contribution in [0, 0.1) is 5.82 Å². The van der Waals surface area contributed by atoms with Crippen molar-refractivity contribution in [3.05, 3.63) is 35.1 Å². The fourth-order valence-electron chi connectivity index (χ4n) is 1.77. The molecule has 1 N–H and O–H groups in total. The molecule has 0 radical (unpaired) electrons. The van der Waals surface area contributed by atoms with Crippen molar-refractivity contribution in [2.24, 2.45) is 0 Å². The summed E-state index contributed by atoms with van der Waals surface area (Å²) in [7, 11) is 0. The van der Waals surface area contributed by atoms with Crippen LogP contribution in [0.4, 0.5) is 17.6 Å². The van der Waals surface area contributed by atoms with Crippen LogP contribution in [0.5, 0.6) is 0 Å². The lowest BCUT2D eigenvalue weighted by Gasteiger charge is -2.26. The summed E-state index contributed by atoms with van der Waals surface area (Å²) in [4.78, 5) is 0. The van der Waals surface area contributed by atoms with Gasteiger partial charge in [0.2, 0.25) is 0 Å². The van der Waals surface area contributed by atoms with Crippen LogP contribution in [0.2, 0.25) is 0 Å². The first kappa shape index (κ1) is 12.4. The van der Waals surface area contributed by atoms with Crippen LogP contribution in [0.15, 0.2) is 18.2 Å². The maximum atomic E-state index is 13.0. The summed E-state index contributed by atoms with van der Waals surface area (Å²) in [6, 6.07) is 3.53. The summed E-state index contributed by atoms with van der Waals surface area (Å²) in [6.07, 6.45) is -1.34. The molecule has 0 spiro atoms. The third-order valence-electron chi connectivity index (χ3n) is 3.04. The zero-order valence-electron chi connectivity index (χ0n) is 9.15. The number of alkyl halides is 3. The molecule has 1 fully saturated rings. The summed E-state index contributed by atoms with van der Waals surface area (Å²) >= 11 is 0. The molecule has 1 saturated carbocycles. The zero-order valence-corrected chi connectivity index (χ0v) is 9.15. The van der Waals surface area contributed by atoms with Gasteiger partial charge >= 0.3 is 6.18 Å². The number of nitrogens with one attached hydrogen (secondary N) is 1. The average Bonchev–Trinajstić information content (AvgIpc) is 2.16. The van der Waals surface area contributed by atoms with E-state index in [-0.39, 0.29) is 0 Å². The van der Waals surface area contributed by atoms with Gasteiger partial charge in [-0.15, -0.1) is 0 Å². The van der Waals surface area contributed by atoms with Crippen LogP contribution in [0.1, 0.15) is 30.4 Å². The van der Waals surface area contributed by atoms with E-state index in [1.807, 2.05) is 0 Å². The van der Waals surface area contributed by atoms with Gasteiger partial charge in [-0.05, 0) is 30.5 Å². The van der Waals surface area contributed by atoms with Crippen molar-refractivity contribution in [1.82, 2.24) is 5.32 Å². The van der Waals surface area contributed by atoms with E-state index in [2.05, 4.69) is 5.32 Å². The van der Waals surface area contributed by atoms with Crippen LogP contribution in [0.3, 0.4) is 0 Å². The number of hydrogen-bond donors (Lipinski definition) is 1. The maximum Gasteiger partial charge on any atom is 0.419 e. The monoisotopic (exact) mass is 247 g/mol. The molecule has 1 aliphatic carbocycles. The molecule has 1 aliphatic rings. The Morgan fingerprint density at radius 1 is 1.24 bits per heavy atom. The number of hydrogen-bond acceptors (Lipinski definition) is 1. The molecule has 0 amide bonds. The van der Waals surface area contributed by atoms with Gasteiger partial charge < -0.3 is 5.32 Å². The minimum Gasteiger partial charge on any atom is -0.310 e. The standard InChI is InChI=1S/C12H13F4N/c13-11-5-4-8(6-10(11)12(14,15)16)7-17-9-2-1-3-9/h4-6,9,17H,1-3,7H2. The lowest BCUT2D eigenvalue weighted by atomic mass is 9.93. The molecule has 1 aromatic carbocycles. The summed E-state index contributed by atoms with van der Waals surface area (Å²) in [6.45, 7) is 0.355. The van der Waals surface area contributed by atoms with Gasteiger partial charge in [0.05, 0.1) is 5.56 Å². The Balaban J connectivity index is 2.07. The van der Waals surface area contributed by atoms with Gasteiger partial charge in [0.1, 0.15) is 5.82 Å². The largest absolute Gasteiger partial charge is 0.419 e. The van der Waals surface area contributed by atoms with Crippen LogP contribution in [-0.2, 0) is 12.7 Å². The van der Waals surface area contributed by atoms with Crippen LogP contribution >= 0.6 is 0 Å². The highest BCUT2D eigenvalue weighted by molar-refractivity contribution is 5.27. The van der Waals surface area contributed by atoms with Crippen molar-refractivity contribution in [1.29, 1.82) is 0 Å². The summed E-state index contributed by atoms with van der Waals surface area (Å²) in [5.41, 5.74) is -0.726. The quantitative estimate of drug-likeness (QED) is 0.806. The molecule has 0 aromatic heterocycles. The highest BCUT2D eigenvalue weighted by Gasteiger charge is 2.34. The molecule has 0 heterocycles. The Hall–Kier alpha value is -1.10. The molecule has 1 nitrogen and oxygen atoms in total. The highest BCUT2D eigenvalue weighted by Crippen LogP contribution is 2.32. The molecule has 94 valence electrons. The van der Waals surface area contributed by atoms with Crippen molar-refractivity contribution in [3.8, 4) is 0 Å². The minimum atomic E-state index is -4.63. The SMILES string of the molecule is Fc1ccc(CNC2CCC2)cc1C(F)(F)F. The van der Waals surface area contributed by atoms with Crippen molar-refractivity contribution in [3.63, 3.8) is 0 Å². The van der Waals surface area contributed by atoms with E-state index >= 15 is 0 Å². The van der Waals surface area contributed by atoms with Crippen molar-refractivity contribution in [2.75, 3.05) is 0 Å². The Morgan fingerprint density at radius 2 is 1.94 bits per heavy atom. The van der Waals surface area contributed by atoms with Gasteiger partial charge in [0.15, 0.2) is 0 Å². The minimum absolute atomic E-state index is 0.355. The Kier molecular flexibility index (Phi) is 3.38. The van der Waals surface area contributed by atoms with Crippen LogP contribution in [-0.4, -0.2) is 6.04 Å². The van der Waals surface area contributed by atoms with E-state index < -0.39 is 17.6 Å². The average molecular weight is 247 g/mol. The smallest absolute Gasteiger partial charge is 0.310 e. The molecular formula is C12H13F4N. The lowest BCUT2D eigenvalue weighted by Crippen LogP contribution is -2.34. The first-order valence-corrected chi connectivity index (χ1v) is 5.56. The number of benzene rings is 1. The fourth-order valence-corrected chi connectivity index (χ4v) is 1.77.